The van der Waals surface area contributed by atoms with Gasteiger partial charge in [-0.2, -0.15) is 4.99 Å². The van der Waals surface area contributed by atoms with E-state index in [1.54, 1.807) is 0 Å². The summed E-state index contributed by atoms with van der Waals surface area (Å²) in [6.07, 6.45) is 0.202. The van der Waals surface area contributed by atoms with E-state index in [-0.39, 0.29) is 19.1 Å². The number of nitrogens with zero attached hydrogens (tertiary/aromatic N) is 2. The molecule has 0 unspecified atom stereocenters. The van der Waals surface area contributed by atoms with Gasteiger partial charge >= 0.3 is 0 Å². The molecule has 2 aliphatic rings. The summed E-state index contributed by atoms with van der Waals surface area (Å²) in [5.74, 6) is 2.60. The maximum absolute atomic E-state index is 12.5. The number of benzene rings is 2. The van der Waals surface area contributed by atoms with Crippen molar-refractivity contribution in [2.24, 2.45) is 12.0 Å². The van der Waals surface area contributed by atoms with Gasteiger partial charge in [-0.05, 0) is 17.7 Å². The Kier molecular flexibility index (Phi) is 3.78. The normalized spacial score (nSPS) is 15.4. The smallest absolute Gasteiger partial charge is 0.252 e. The van der Waals surface area contributed by atoms with Gasteiger partial charge in [-0.25, -0.2) is 0 Å². The molecule has 1 aromatic heterocycles. The number of hydrogen-bond acceptors (Lipinski definition) is 6. The molecule has 138 valence electrons. The Hall–Kier alpha value is -3.00. The van der Waals surface area contributed by atoms with Gasteiger partial charge in [-0.3, -0.25) is 4.79 Å². The highest BCUT2D eigenvalue weighted by Crippen LogP contribution is 2.35. The van der Waals surface area contributed by atoms with Crippen LogP contribution in [0.5, 0.6) is 23.0 Å². The topological polar surface area (TPSA) is 71.3 Å². The average Bonchev–Trinajstić information content (AvgIpc) is 3.24. The van der Waals surface area contributed by atoms with Gasteiger partial charge in [0.1, 0.15) is 13.2 Å². The van der Waals surface area contributed by atoms with Crippen LogP contribution < -0.4 is 23.7 Å². The Labute approximate surface area is 158 Å². The van der Waals surface area contributed by atoms with E-state index in [0.717, 1.165) is 27.3 Å². The standard InChI is InChI=1S/C19H16N2O5S/c1-21-12-8-15-16(24-5-4-23-15)9-17(12)27-19(21)20-18(22)7-11-2-3-13-14(6-11)26-10-25-13/h2-3,6,8-9H,4-5,7,10H2,1H3. The first-order chi connectivity index (χ1) is 13.2. The second-order valence-electron chi connectivity index (χ2n) is 6.28. The van der Waals surface area contributed by atoms with Crippen LogP contribution in [0.25, 0.3) is 10.2 Å². The maximum Gasteiger partial charge on any atom is 0.252 e. The second-order valence-corrected chi connectivity index (χ2v) is 7.29. The van der Waals surface area contributed by atoms with Crippen LogP contribution in [0.2, 0.25) is 0 Å². The molecule has 0 N–H and O–H groups in total. The van der Waals surface area contributed by atoms with Crippen molar-refractivity contribution >= 4 is 27.5 Å². The fourth-order valence-electron chi connectivity index (χ4n) is 3.14. The van der Waals surface area contributed by atoms with E-state index in [4.69, 9.17) is 18.9 Å². The maximum atomic E-state index is 12.5. The molecule has 0 saturated carbocycles. The third-order valence-electron chi connectivity index (χ3n) is 4.49. The highest BCUT2D eigenvalue weighted by Gasteiger charge is 2.17. The Bertz CT molecular complexity index is 1130. The van der Waals surface area contributed by atoms with Crippen molar-refractivity contribution < 1.29 is 23.7 Å². The lowest BCUT2D eigenvalue weighted by Crippen LogP contribution is -2.16. The van der Waals surface area contributed by atoms with E-state index < -0.39 is 0 Å². The molecule has 27 heavy (non-hydrogen) atoms. The molecule has 0 fully saturated rings. The molecule has 0 spiro atoms. The zero-order valence-corrected chi connectivity index (χ0v) is 15.4. The molecule has 5 rings (SSSR count). The molecule has 7 nitrogen and oxygen atoms in total. The summed E-state index contributed by atoms with van der Waals surface area (Å²) in [5, 5.41) is 0. The van der Waals surface area contributed by atoms with E-state index in [9.17, 15) is 4.79 Å². The summed E-state index contributed by atoms with van der Waals surface area (Å²) in [4.78, 5) is 17.4. The number of ether oxygens (including phenoxy) is 4. The number of aryl methyl sites for hydroxylation is 1. The number of rotatable bonds is 2. The first-order valence-electron chi connectivity index (χ1n) is 8.53. The third kappa shape index (κ3) is 2.91. The van der Waals surface area contributed by atoms with Crippen LogP contribution in [0.4, 0.5) is 0 Å². The number of amides is 1. The molecule has 2 aliphatic heterocycles. The van der Waals surface area contributed by atoms with E-state index in [1.807, 2.05) is 41.9 Å². The summed E-state index contributed by atoms with van der Waals surface area (Å²) in [6, 6.07) is 9.37. The predicted octanol–water partition coefficient (Wildman–Crippen LogP) is 2.41. The lowest BCUT2D eigenvalue weighted by molar-refractivity contribution is -0.117. The van der Waals surface area contributed by atoms with Crippen LogP contribution in [0.3, 0.4) is 0 Å². The average molecular weight is 384 g/mol. The van der Waals surface area contributed by atoms with E-state index >= 15 is 0 Å². The van der Waals surface area contributed by atoms with Gasteiger partial charge in [0.2, 0.25) is 6.79 Å². The molecule has 0 radical (unpaired) electrons. The number of aromatic nitrogens is 1. The summed E-state index contributed by atoms with van der Waals surface area (Å²) in [5.41, 5.74) is 1.80. The van der Waals surface area contributed by atoms with Crippen LogP contribution in [0, 0.1) is 0 Å². The SMILES string of the molecule is Cn1c(=NC(=O)Cc2ccc3c(c2)OCO3)sc2cc3c(cc21)OCCO3. The van der Waals surface area contributed by atoms with Crippen LogP contribution in [0.1, 0.15) is 5.56 Å². The van der Waals surface area contributed by atoms with E-state index in [2.05, 4.69) is 4.99 Å². The number of carbonyl (C=O) groups excluding carboxylic acids is 1. The van der Waals surface area contributed by atoms with Crippen molar-refractivity contribution in [3.8, 4) is 23.0 Å². The molecule has 0 aliphatic carbocycles. The number of hydrogen-bond donors (Lipinski definition) is 0. The Morgan fingerprint density at radius 1 is 1.04 bits per heavy atom. The lowest BCUT2D eigenvalue weighted by atomic mass is 10.1. The minimum absolute atomic E-state index is 0.202. The lowest BCUT2D eigenvalue weighted by Gasteiger charge is -2.18. The number of carbonyl (C=O) groups is 1. The highest BCUT2D eigenvalue weighted by atomic mass is 32.1. The molecule has 0 atom stereocenters. The summed E-state index contributed by atoms with van der Waals surface area (Å²) < 4.78 is 24.8. The van der Waals surface area contributed by atoms with E-state index in [0.29, 0.717) is 29.5 Å². The van der Waals surface area contributed by atoms with Gasteiger partial charge in [0.15, 0.2) is 27.8 Å². The Morgan fingerprint density at radius 3 is 2.63 bits per heavy atom. The van der Waals surface area contributed by atoms with Crippen molar-refractivity contribution in [1.29, 1.82) is 0 Å². The van der Waals surface area contributed by atoms with Crippen LogP contribution in [-0.4, -0.2) is 30.5 Å². The molecular weight excluding hydrogens is 368 g/mol. The molecule has 0 saturated heterocycles. The fraction of sp³-hybridized carbons (Fsp3) is 0.263. The van der Waals surface area contributed by atoms with Crippen molar-refractivity contribution in [3.05, 3.63) is 40.7 Å². The molecule has 2 aromatic carbocycles. The Morgan fingerprint density at radius 2 is 1.78 bits per heavy atom. The largest absolute Gasteiger partial charge is 0.486 e. The van der Waals surface area contributed by atoms with Crippen molar-refractivity contribution in [2.75, 3.05) is 20.0 Å². The van der Waals surface area contributed by atoms with Crippen molar-refractivity contribution in [2.45, 2.75) is 6.42 Å². The minimum atomic E-state index is -0.215. The molecular formula is C19H16N2O5S. The first-order valence-corrected chi connectivity index (χ1v) is 9.34. The second kappa shape index (κ2) is 6.31. The summed E-state index contributed by atoms with van der Waals surface area (Å²) in [6.45, 7) is 1.30. The van der Waals surface area contributed by atoms with Gasteiger partial charge < -0.3 is 23.5 Å². The predicted molar refractivity (Wildman–Crippen MR) is 98.6 cm³/mol. The van der Waals surface area contributed by atoms with Gasteiger partial charge in [0, 0.05) is 19.2 Å². The summed E-state index contributed by atoms with van der Waals surface area (Å²) in [7, 11) is 1.89. The van der Waals surface area contributed by atoms with Crippen LogP contribution in [-0.2, 0) is 18.3 Å². The molecule has 8 heteroatoms. The first kappa shape index (κ1) is 16.2. The number of thiazole rings is 1. The molecule has 3 aromatic rings. The minimum Gasteiger partial charge on any atom is -0.486 e. The Balaban J connectivity index is 1.46. The summed E-state index contributed by atoms with van der Waals surface area (Å²) >= 11 is 1.45. The van der Waals surface area contributed by atoms with Gasteiger partial charge in [-0.15, -0.1) is 0 Å². The van der Waals surface area contributed by atoms with Crippen LogP contribution in [0.15, 0.2) is 35.3 Å². The molecule has 0 bridgehead atoms. The van der Waals surface area contributed by atoms with Gasteiger partial charge in [-0.1, -0.05) is 17.4 Å². The van der Waals surface area contributed by atoms with Crippen LogP contribution >= 0.6 is 11.3 Å². The zero-order valence-electron chi connectivity index (χ0n) is 14.6. The third-order valence-corrected chi connectivity index (χ3v) is 5.58. The van der Waals surface area contributed by atoms with Gasteiger partial charge in [0.25, 0.3) is 5.91 Å². The van der Waals surface area contributed by atoms with E-state index in [1.165, 1.54) is 11.3 Å². The monoisotopic (exact) mass is 384 g/mol. The van der Waals surface area contributed by atoms with Crippen molar-refractivity contribution in [3.63, 3.8) is 0 Å². The molecule has 3 heterocycles. The quantitative estimate of drug-likeness (QED) is 0.679. The highest BCUT2D eigenvalue weighted by molar-refractivity contribution is 7.16. The molecule has 1 amide bonds. The zero-order chi connectivity index (χ0) is 18.4. The van der Waals surface area contributed by atoms with Gasteiger partial charge in [0.05, 0.1) is 16.6 Å². The fourth-order valence-corrected chi connectivity index (χ4v) is 4.19. The van der Waals surface area contributed by atoms with Crippen molar-refractivity contribution in [1.82, 2.24) is 4.57 Å². The number of fused-ring (bicyclic) bond motifs is 3.